The lowest BCUT2D eigenvalue weighted by Crippen LogP contribution is -2.53. The van der Waals surface area contributed by atoms with Gasteiger partial charge in [0.1, 0.15) is 5.75 Å². The van der Waals surface area contributed by atoms with Gasteiger partial charge in [0.05, 0.1) is 19.1 Å². The number of hydrogen-bond donors (Lipinski definition) is 0. The Labute approximate surface area is 203 Å². The smallest absolute Gasteiger partial charge is 0.254 e. The van der Waals surface area contributed by atoms with Crippen molar-refractivity contribution in [3.05, 3.63) is 65.2 Å². The second-order valence-corrected chi connectivity index (χ2v) is 10.3. The summed E-state index contributed by atoms with van der Waals surface area (Å²) in [6.07, 6.45) is 7.57. The van der Waals surface area contributed by atoms with Gasteiger partial charge in [0.2, 0.25) is 5.91 Å². The van der Waals surface area contributed by atoms with Crippen LogP contribution in [-0.2, 0) is 4.79 Å². The molecule has 2 amide bonds. The minimum Gasteiger partial charge on any atom is -0.497 e. The van der Waals surface area contributed by atoms with Gasteiger partial charge in [0, 0.05) is 24.7 Å². The fraction of sp³-hybridized carbons (Fsp3) is 0.517. The maximum absolute atomic E-state index is 14.2. The Bertz CT molecular complexity index is 1020. The molecule has 1 saturated heterocycles. The number of nitrogens with zero attached hydrogens (tertiary/aromatic N) is 2. The SMILES string of the molecule is COc1ccc(C2C(C(=O)N3CCC(C)CC3)c3ccccc3C(=O)N2C2CCCCC2)cc1. The van der Waals surface area contributed by atoms with Crippen molar-refractivity contribution in [2.24, 2.45) is 5.92 Å². The Morgan fingerprint density at radius 2 is 1.59 bits per heavy atom. The monoisotopic (exact) mass is 460 g/mol. The minimum atomic E-state index is -0.391. The molecule has 2 heterocycles. The van der Waals surface area contributed by atoms with Crippen molar-refractivity contribution in [2.45, 2.75) is 69.9 Å². The maximum Gasteiger partial charge on any atom is 0.254 e. The lowest BCUT2D eigenvalue weighted by Gasteiger charge is -2.48. The van der Waals surface area contributed by atoms with Crippen molar-refractivity contribution in [3.63, 3.8) is 0 Å². The molecule has 2 fully saturated rings. The van der Waals surface area contributed by atoms with E-state index in [9.17, 15) is 9.59 Å². The number of piperidine rings is 1. The Morgan fingerprint density at radius 3 is 2.26 bits per heavy atom. The van der Waals surface area contributed by atoms with E-state index >= 15 is 0 Å². The molecule has 5 nitrogen and oxygen atoms in total. The molecule has 5 rings (SSSR count). The molecule has 34 heavy (non-hydrogen) atoms. The van der Waals surface area contributed by atoms with E-state index in [1.165, 1.54) is 6.42 Å². The molecule has 0 N–H and O–H groups in total. The fourth-order valence-corrected chi connectivity index (χ4v) is 6.16. The van der Waals surface area contributed by atoms with Crippen LogP contribution < -0.4 is 4.74 Å². The van der Waals surface area contributed by atoms with Gasteiger partial charge < -0.3 is 14.5 Å². The van der Waals surface area contributed by atoms with Crippen molar-refractivity contribution in [1.29, 1.82) is 0 Å². The van der Waals surface area contributed by atoms with E-state index in [4.69, 9.17) is 4.74 Å². The lowest BCUT2D eigenvalue weighted by molar-refractivity contribution is -0.136. The molecule has 0 aromatic heterocycles. The third-order valence-corrected chi connectivity index (χ3v) is 8.16. The second kappa shape index (κ2) is 9.81. The fourth-order valence-electron chi connectivity index (χ4n) is 6.16. The first-order valence-electron chi connectivity index (χ1n) is 12.9. The van der Waals surface area contributed by atoms with Gasteiger partial charge in [-0.3, -0.25) is 9.59 Å². The molecule has 2 aromatic carbocycles. The number of benzene rings is 2. The number of likely N-dealkylation sites (tertiary alicyclic amines) is 1. The van der Waals surface area contributed by atoms with Gasteiger partial charge >= 0.3 is 0 Å². The highest BCUT2D eigenvalue weighted by molar-refractivity contribution is 6.01. The van der Waals surface area contributed by atoms with Crippen LogP contribution in [0.1, 0.15) is 85.3 Å². The number of rotatable bonds is 4. The van der Waals surface area contributed by atoms with E-state index in [2.05, 4.69) is 11.8 Å². The van der Waals surface area contributed by atoms with Gasteiger partial charge in [-0.25, -0.2) is 0 Å². The zero-order valence-electron chi connectivity index (χ0n) is 20.4. The van der Waals surface area contributed by atoms with Crippen LogP contribution in [-0.4, -0.2) is 47.9 Å². The molecule has 180 valence electrons. The first-order chi connectivity index (χ1) is 16.6. The molecule has 5 heteroatoms. The molecule has 2 unspecified atom stereocenters. The van der Waals surface area contributed by atoms with Crippen LogP contribution in [0.25, 0.3) is 0 Å². The second-order valence-electron chi connectivity index (χ2n) is 10.3. The molecule has 0 bridgehead atoms. The van der Waals surface area contributed by atoms with Gasteiger partial charge in [0.25, 0.3) is 5.91 Å². The van der Waals surface area contributed by atoms with E-state index < -0.39 is 5.92 Å². The third-order valence-electron chi connectivity index (χ3n) is 8.16. The highest BCUT2D eigenvalue weighted by Crippen LogP contribution is 2.47. The molecule has 2 aromatic rings. The Hall–Kier alpha value is -2.82. The van der Waals surface area contributed by atoms with Crippen LogP contribution in [0.4, 0.5) is 0 Å². The number of amides is 2. The Morgan fingerprint density at radius 1 is 0.912 bits per heavy atom. The van der Waals surface area contributed by atoms with Crippen LogP contribution >= 0.6 is 0 Å². The van der Waals surface area contributed by atoms with Crippen molar-refractivity contribution < 1.29 is 14.3 Å². The molecular formula is C29H36N2O3. The number of carbonyl (C=O) groups excluding carboxylic acids is 2. The van der Waals surface area contributed by atoms with Crippen molar-refractivity contribution >= 4 is 11.8 Å². The van der Waals surface area contributed by atoms with Crippen molar-refractivity contribution in [2.75, 3.05) is 20.2 Å². The zero-order valence-corrected chi connectivity index (χ0v) is 20.4. The zero-order chi connectivity index (χ0) is 23.7. The maximum atomic E-state index is 14.2. The van der Waals surface area contributed by atoms with Gasteiger partial charge in [-0.15, -0.1) is 0 Å². The summed E-state index contributed by atoms with van der Waals surface area (Å²) in [6.45, 7) is 3.86. The molecule has 2 atom stereocenters. The average molecular weight is 461 g/mol. The Kier molecular flexibility index (Phi) is 6.62. The van der Waals surface area contributed by atoms with E-state index in [0.29, 0.717) is 11.5 Å². The van der Waals surface area contributed by atoms with Crippen LogP contribution in [0.3, 0.4) is 0 Å². The number of carbonyl (C=O) groups is 2. The van der Waals surface area contributed by atoms with Crippen molar-refractivity contribution in [3.8, 4) is 5.75 Å². The highest BCUT2D eigenvalue weighted by atomic mass is 16.5. The highest BCUT2D eigenvalue weighted by Gasteiger charge is 2.47. The summed E-state index contributed by atoms with van der Waals surface area (Å²) in [7, 11) is 1.66. The largest absolute Gasteiger partial charge is 0.497 e. The first-order valence-corrected chi connectivity index (χ1v) is 12.9. The summed E-state index contributed by atoms with van der Waals surface area (Å²) >= 11 is 0. The summed E-state index contributed by atoms with van der Waals surface area (Å²) < 4.78 is 5.40. The molecule has 1 saturated carbocycles. The van der Waals surface area contributed by atoms with Crippen LogP contribution in [0.2, 0.25) is 0 Å². The molecular weight excluding hydrogens is 424 g/mol. The summed E-state index contributed by atoms with van der Waals surface area (Å²) in [5.74, 6) is 1.27. The number of methoxy groups -OCH3 is 1. The van der Waals surface area contributed by atoms with E-state index in [0.717, 1.165) is 68.5 Å². The molecule has 1 aliphatic carbocycles. The third kappa shape index (κ3) is 4.21. The predicted molar refractivity (Wildman–Crippen MR) is 133 cm³/mol. The van der Waals surface area contributed by atoms with Gasteiger partial charge in [0.15, 0.2) is 0 Å². The normalized spacial score (nSPS) is 24.1. The summed E-state index contributed by atoms with van der Waals surface area (Å²) in [5, 5.41) is 0. The summed E-state index contributed by atoms with van der Waals surface area (Å²) in [6, 6.07) is 15.6. The van der Waals surface area contributed by atoms with Crippen LogP contribution in [0.5, 0.6) is 5.75 Å². The van der Waals surface area contributed by atoms with E-state index in [-0.39, 0.29) is 23.9 Å². The standard InChI is InChI=1S/C29H36N2O3/c1-20-16-18-30(19-17-20)29(33)26-24-10-6-7-11-25(24)28(32)31(22-8-4-3-5-9-22)27(26)21-12-14-23(34-2)15-13-21/h6-7,10-15,20,22,26-27H,3-5,8-9,16-19H2,1-2H3. The molecule has 0 radical (unpaired) electrons. The number of hydrogen-bond acceptors (Lipinski definition) is 3. The van der Waals surface area contributed by atoms with Crippen LogP contribution in [0.15, 0.2) is 48.5 Å². The Balaban J connectivity index is 1.63. The molecule has 2 aliphatic heterocycles. The quantitative estimate of drug-likeness (QED) is 0.600. The minimum absolute atomic E-state index is 0.0691. The van der Waals surface area contributed by atoms with Crippen molar-refractivity contribution in [1.82, 2.24) is 9.80 Å². The number of ether oxygens (including phenoxy) is 1. The van der Waals surface area contributed by atoms with E-state index in [1.807, 2.05) is 53.4 Å². The topological polar surface area (TPSA) is 49.9 Å². The number of fused-ring (bicyclic) bond motifs is 1. The first kappa shape index (κ1) is 22.9. The molecule has 0 spiro atoms. The predicted octanol–water partition coefficient (Wildman–Crippen LogP) is 5.57. The van der Waals surface area contributed by atoms with Gasteiger partial charge in [-0.2, -0.15) is 0 Å². The average Bonchev–Trinajstić information content (AvgIpc) is 2.89. The van der Waals surface area contributed by atoms with Gasteiger partial charge in [-0.05, 0) is 60.9 Å². The molecule has 3 aliphatic rings. The lowest BCUT2D eigenvalue weighted by atomic mass is 9.76. The van der Waals surface area contributed by atoms with Gasteiger partial charge in [-0.1, -0.05) is 56.5 Å². The van der Waals surface area contributed by atoms with E-state index in [1.54, 1.807) is 7.11 Å². The summed E-state index contributed by atoms with van der Waals surface area (Å²) in [5.41, 5.74) is 2.59. The van der Waals surface area contributed by atoms with Crippen LogP contribution in [0, 0.1) is 5.92 Å². The summed E-state index contributed by atoms with van der Waals surface area (Å²) in [4.78, 5) is 32.3.